The summed E-state index contributed by atoms with van der Waals surface area (Å²) in [4.78, 5) is 16.3. The number of alkyl halides is 3. The van der Waals surface area contributed by atoms with E-state index < -0.39 is 16.8 Å². The van der Waals surface area contributed by atoms with E-state index in [1.54, 1.807) is 31.4 Å². The van der Waals surface area contributed by atoms with Gasteiger partial charge in [0, 0.05) is 29.5 Å². The number of hydrogen-bond acceptors (Lipinski definition) is 5. The summed E-state index contributed by atoms with van der Waals surface area (Å²) in [6, 6.07) is 13.1. The van der Waals surface area contributed by atoms with Crippen LogP contribution in [0.5, 0.6) is 5.75 Å². The van der Waals surface area contributed by atoms with Crippen LogP contribution in [0.2, 0.25) is 5.02 Å². The molecule has 0 aliphatic carbocycles. The summed E-state index contributed by atoms with van der Waals surface area (Å²) in [6.07, 6.45) is -3.20. The molecule has 0 amide bonds. The van der Waals surface area contributed by atoms with Crippen LogP contribution < -0.4 is 10.2 Å². The van der Waals surface area contributed by atoms with Gasteiger partial charge in [-0.3, -0.25) is 4.79 Å². The third-order valence-corrected chi connectivity index (χ3v) is 5.12. The standard InChI is InChI=1S/C22H15ClF3N3O3/c1-31-15-7-5-13(6-8-15)21-27-19(32-28-21)12-29-10-9-14(30)11-18(29)16-3-2-4-17(20(16)23)22(24,25)26/h2-11H,12H2,1H3. The highest BCUT2D eigenvalue weighted by Gasteiger charge is 2.34. The Labute approximate surface area is 184 Å². The molecule has 0 saturated carbocycles. The number of hydrogen-bond donors (Lipinski definition) is 0. The van der Waals surface area contributed by atoms with Gasteiger partial charge in [0.15, 0.2) is 5.43 Å². The van der Waals surface area contributed by atoms with Crippen molar-refractivity contribution in [1.82, 2.24) is 14.7 Å². The summed E-state index contributed by atoms with van der Waals surface area (Å²) in [7, 11) is 1.56. The molecule has 2 heterocycles. The molecule has 0 saturated heterocycles. The normalized spacial score (nSPS) is 11.5. The maximum Gasteiger partial charge on any atom is 0.417 e. The molecule has 10 heteroatoms. The molecule has 0 unspecified atom stereocenters. The Hall–Kier alpha value is -3.59. The largest absolute Gasteiger partial charge is 0.497 e. The van der Waals surface area contributed by atoms with Crippen molar-refractivity contribution in [2.75, 3.05) is 7.11 Å². The summed E-state index contributed by atoms with van der Waals surface area (Å²) in [6.45, 7) is 0.0192. The van der Waals surface area contributed by atoms with E-state index in [0.717, 1.165) is 6.07 Å². The Morgan fingerprint density at radius 3 is 2.56 bits per heavy atom. The lowest BCUT2D eigenvalue weighted by molar-refractivity contribution is -0.137. The van der Waals surface area contributed by atoms with Crippen LogP contribution in [-0.2, 0) is 12.7 Å². The fraction of sp³-hybridized carbons (Fsp3) is 0.136. The van der Waals surface area contributed by atoms with Gasteiger partial charge < -0.3 is 13.8 Å². The molecule has 0 aliphatic rings. The van der Waals surface area contributed by atoms with Gasteiger partial charge in [0.25, 0.3) is 0 Å². The molecule has 0 fully saturated rings. The molecule has 2 aromatic carbocycles. The van der Waals surface area contributed by atoms with Crippen LogP contribution in [0.25, 0.3) is 22.6 Å². The molecular formula is C22H15ClF3N3O3. The van der Waals surface area contributed by atoms with E-state index in [-0.39, 0.29) is 29.1 Å². The van der Waals surface area contributed by atoms with Crippen molar-refractivity contribution < 1.29 is 22.4 Å². The predicted octanol–water partition coefficient (Wildman–Crippen LogP) is 5.29. The lowest BCUT2D eigenvalue weighted by atomic mass is 10.1. The number of halogens is 4. The van der Waals surface area contributed by atoms with Gasteiger partial charge in [-0.05, 0) is 30.3 Å². The SMILES string of the molecule is COc1ccc(-c2noc(Cn3ccc(=O)cc3-c3cccc(C(F)(F)F)c3Cl)n2)cc1. The van der Waals surface area contributed by atoms with Crippen molar-refractivity contribution in [2.45, 2.75) is 12.7 Å². The first kappa shape index (κ1) is 21.6. The number of aromatic nitrogens is 3. The van der Waals surface area contributed by atoms with Gasteiger partial charge in [0.2, 0.25) is 11.7 Å². The number of ether oxygens (including phenoxy) is 1. The van der Waals surface area contributed by atoms with Crippen molar-refractivity contribution in [2.24, 2.45) is 0 Å². The van der Waals surface area contributed by atoms with Crippen molar-refractivity contribution in [1.29, 1.82) is 0 Å². The molecule has 0 bridgehead atoms. The quantitative estimate of drug-likeness (QED) is 0.403. The first-order chi connectivity index (χ1) is 15.3. The van der Waals surface area contributed by atoms with E-state index in [0.29, 0.717) is 17.1 Å². The molecule has 4 aromatic rings. The molecule has 4 rings (SSSR count). The van der Waals surface area contributed by atoms with E-state index in [1.165, 1.54) is 35.0 Å². The minimum absolute atomic E-state index is 0.0192. The number of nitrogens with zero attached hydrogens (tertiary/aromatic N) is 3. The van der Waals surface area contributed by atoms with Crippen LogP contribution in [0.1, 0.15) is 11.5 Å². The predicted molar refractivity (Wildman–Crippen MR) is 112 cm³/mol. The zero-order chi connectivity index (χ0) is 22.9. The van der Waals surface area contributed by atoms with Gasteiger partial charge in [-0.2, -0.15) is 18.2 Å². The number of methoxy groups -OCH3 is 1. The fourth-order valence-electron chi connectivity index (χ4n) is 3.15. The number of pyridine rings is 1. The maximum atomic E-state index is 13.3. The summed E-state index contributed by atoms with van der Waals surface area (Å²) in [5.41, 5.74) is -0.415. The Balaban J connectivity index is 1.70. The minimum atomic E-state index is -4.63. The van der Waals surface area contributed by atoms with Gasteiger partial charge in [-0.25, -0.2) is 0 Å². The zero-order valence-corrected chi connectivity index (χ0v) is 17.3. The smallest absolute Gasteiger partial charge is 0.417 e. The average molecular weight is 462 g/mol. The molecule has 0 N–H and O–H groups in total. The molecule has 164 valence electrons. The fourth-order valence-corrected chi connectivity index (χ4v) is 3.48. The van der Waals surface area contributed by atoms with Crippen molar-refractivity contribution in [3.05, 3.63) is 87.5 Å². The minimum Gasteiger partial charge on any atom is -0.497 e. The summed E-state index contributed by atoms with van der Waals surface area (Å²) in [5, 5.41) is 3.45. The second kappa shape index (κ2) is 8.51. The highest BCUT2D eigenvalue weighted by molar-refractivity contribution is 6.34. The van der Waals surface area contributed by atoms with Crippen LogP contribution >= 0.6 is 11.6 Å². The van der Waals surface area contributed by atoms with Crippen molar-refractivity contribution in [3.63, 3.8) is 0 Å². The molecule has 0 spiro atoms. The Kier molecular flexibility index (Phi) is 5.75. The van der Waals surface area contributed by atoms with Crippen LogP contribution in [0.15, 0.2) is 70.1 Å². The summed E-state index contributed by atoms with van der Waals surface area (Å²) >= 11 is 6.07. The molecule has 0 atom stereocenters. The number of benzene rings is 2. The van der Waals surface area contributed by atoms with Gasteiger partial charge in [0.1, 0.15) is 12.3 Å². The Bertz CT molecular complexity index is 1310. The van der Waals surface area contributed by atoms with E-state index >= 15 is 0 Å². The average Bonchev–Trinajstić information content (AvgIpc) is 3.23. The molecular weight excluding hydrogens is 447 g/mol. The van der Waals surface area contributed by atoms with E-state index in [1.807, 2.05) is 0 Å². The Morgan fingerprint density at radius 2 is 1.88 bits per heavy atom. The highest BCUT2D eigenvalue weighted by atomic mass is 35.5. The highest BCUT2D eigenvalue weighted by Crippen LogP contribution is 2.39. The first-order valence-electron chi connectivity index (χ1n) is 9.30. The van der Waals surface area contributed by atoms with Gasteiger partial charge in [-0.15, -0.1) is 0 Å². The van der Waals surface area contributed by atoms with Gasteiger partial charge in [0.05, 0.1) is 23.4 Å². The molecule has 0 radical (unpaired) electrons. The van der Waals surface area contributed by atoms with Gasteiger partial charge >= 0.3 is 6.18 Å². The van der Waals surface area contributed by atoms with Crippen LogP contribution in [0.3, 0.4) is 0 Å². The second-order valence-electron chi connectivity index (χ2n) is 6.78. The van der Waals surface area contributed by atoms with Gasteiger partial charge in [-0.1, -0.05) is 28.9 Å². The molecule has 6 nitrogen and oxygen atoms in total. The van der Waals surface area contributed by atoms with E-state index in [4.69, 9.17) is 20.9 Å². The molecule has 2 aromatic heterocycles. The lowest BCUT2D eigenvalue weighted by Gasteiger charge is -2.16. The van der Waals surface area contributed by atoms with Crippen LogP contribution in [0.4, 0.5) is 13.2 Å². The Morgan fingerprint density at radius 1 is 1.12 bits per heavy atom. The van der Waals surface area contributed by atoms with Crippen LogP contribution in [0, 0.1) is 0 Å². The second-order valence-corrected chi connectivity index (χ2v) is 7.16. The van der Waals surface area contributed by atoms with Crippen LogP contribution in [-0.4, -0.2) is 21.8 Å². The van der Waals surface area contributed by atoms with E-state index in [9.17, 15) is 18.0 Å². The zero-order valence-electron chi connectivity index (χ0n) is 16.6. The van der Waals surface area contributed by atoms with Crippen molar-refractivity contribution >= 4 is 11.6 Å². The third-order valence-electron chi connectivity index (χ3n) is 4.71. The van der Waals surface area contributed by atoms with Crippen molar-refractivity contribution in [3.8, 4) is 28.4 Å². The summed E-state index contributed by atoms with van der Waals surface area (Å²) in [5.74, 6) is 1.21. The number of rotatable bonds is 5. The van der Waals surface area contributed by atoms with E-state index in [2.05, 4.69) is 10.1 Å². The lowest BCUT2D eigenvalue weighted by Crippen LogP contribution is -2.11. The first-order valence-corrected chi connectivity index (χ1v) is 9.67. The summed E-state index contributed by atoms with van der Waals surface area (Å²) < 4.78 is 51.8. The topological polar surface area (TPSA) is 70.2 Å². The maximum absolute atomic E-state index is 13.3. The monoisotopic (exact) mass is 461 g/mol. The molecule has 0 aliphatic heterocycles. The molecule has 32 heavy (non-hydrogen) atoms. The third kappa shape index (κ3) is 4.38.